The molecule has 7 aromatic carbocycles. The molecule has 0 spiro atoms. The molecule has 7 N–H and O–H groups in total. The van der Waals surface area contributed by atoms with Crippen LogP contribution in [0.5, 0.6) is 51.7 Å². The Morgan fingerprint density at radius 3 is 1.67 bits per heavy atom. The maximum absolute atomic E-state index is 11.5. The second-order valence-electron chi connectivity index (χ2n) is 10.9. The van der Waals surface area contributed by atoms with E-state index in [0.29, 0.717) is 28.2 Å². The summed E-state index contributed by atoms with van der Waals surface area (Å²) in [6.07, 6.45) is 0. The highest BCUT2D eigenvalue weighted by atomic mass is 16.5. The molecule has 1 aliphatic rings. The monoisotopic (exact) mass is 592 g/mol. The van der Waals surface area contributed by atoms with E-state index in [1.54, 1.807) is 48.5 Å². The summed E-state index contributed by atoms with van der Waals surface area (Å²) in [5, 5.41) is 79.4. The zero-order valence-electron chi connectivity index (χ0n) is 23.2. The molecule has 0 saturated heterocycles. The molecule has 1 aliphatic heterocycles. The summed E-state index contributed by atoms with van der Waals surface area (Å²) >= 11 is 0. The second kappa shape index (κ2) is 9.14. The first kappa shape index (κ1) is 26.4. The average Bonchev–Trinajstić information content (AvgIpc) is 3.07. The molecular weight excluding hydrogens is 571 g/mol. The minimum Gasteiger partial charge on any atom is -0.508 e. The number of phenols is 7. The fourth-order valence-electron chi connectivity index (χ4n) is 6.55. The van der Waals surface area contributed by atoms with Crippen LogP contribution in [-0.4, -0.2) is 43.6 Å². The van der Waals surface area contributed by atoms with E-state index in [-0.39, 0.29) is 32.7 Å². The Balaban J connectivity index is 1.61. The zero-order chi connectivity index (χ0) is 31.3. The summed E-state index contributed by atoms with van der Waals surface area (Å²) < 4.78 is 6.24. The number of aromatic hydroxyl groups is 7. The van der Waals surface area contributed by atoms with Crippen LogP contribution in [0.2, 0.25) is 0 Å². The molecule has 0 fully saturated rings. The molecule has 0 atom stereocenters. The highest BCUT2D eigenvalue weighted by Gasteiger charge is 2.32. The largest absolute Gasteiger partial charge is 0.508 e. The smallest absolute Gasteiger partial charge is 0.204 e. The lowest BCUT2D eigenvalue weighted by Gasteiger charge is -2.25. The van der Waals surface area contributed by atoms with Gasteiger partial charge in [-0.15, -0.1) is 0 Å². The van der Waals surface area contributed by atoms with Crippen LogP contribution in [0.4, 0.5) is 0 Å². The molecule has 0 amide bonds. The highest BCUT2D eigenvalue weighted by Crippen LogP contribution is 2.60. The van der Waals surface area contributed by atoms with Gasteiger partial charge in [-0.1, -0.05) is 66.7 Å². The number of rotatable bonds is 2. The summed E-state index contributed by atoms with van der Waals surface area (Å²) in [6.45, 7) is 0. The molecule has 0 bridgehead atoms. The molecule has 216 valence electrons. The Morgan fingerprint density at radius 2 is 1.00 bits per heavy atom. The predicted molar refractivity (Wildman–Crippen MR) is 172 cm³/mol. The van der Waals surface area contributed by atoms with E-state index in [9.17, 15) is 35.7 Å². The molecule has 2 radical (unpaired) electrons. The number of phenolic OH excluding ortho intramolecular Hbond substituents is 7. The molecule has 0 saturated carbocycles. The van der Waals surface area contributed by atoms with E-state index < -0.39 is 45.7 Å². The quantitative estimate of drug-likeness (QED) is 0.0492. The van der Waals surface area contributed by atoms with Crippen LogP contribution in [-0.2, 0) is 0 Å². The van der Waals surface area contributed by atoms with Crippen LogP contribution >= 0.6 is 0 Å². The Labute approximate surface area is 255 Å². The van der Waals surface area contributed by atoms with Crippen molar-refractivity contribution in [2.75, 3.05) is 0 Å². The Bertz CT molecular complexity index is 2350. The van der Waals surface area contributed by atoms with Gasteiger partial charge in [0.15, 0.2) is 23.0 Å². The van der Waals surface area contributed by atoms with Crippen LogP contribution in [0.3, 0.4) is 0 Å². The molecule has 0 aliphatic carbocycles. The first-order valence-electron chi connectivity index (χ1n) is 13.9. The van der Waals surface area contributed by atoms with Gasteiger partial charge in [-0.05, 0) is 45.7 Å². The van der Waals surface area contributed by atoms with E-state index in [4.69, 9.17) is 12.6 Å². The van der Waals surface area contributed by atoms with Crippen molar-refractivity contribution in [3.8, 4) is 85.1 Å². The zero-order valence-corrected chi connectivity index (χ0v) is 23.2. The van der Waals surface area contributed by atoms with Gasteiger partial charge in [0, 0.05) is 43.6 Å². The van der Waals surface area contributed by atoms with Crippen molar-refractivity contribution in [3.05, 3.63) is 84.9 Å². The third-order valence-corrected chi connectivity index (χ3v) is 8.56. The molecule has 9 heteroatoms. The summed E-state index contributed by atoms with van der Waals surface area (Å²) in [5.74, 6) is -4.47. The maximum Gasteiger partial charge on any atom is 0.204 e. The van der Waals surface area contributed by atoms with E-state index in [1.165, 1.54) is 0 Å². The highest BCUT2D eigenvalue weighted by molar-refractivity contribution is 6.41. The molecule has 7 aromatic rings. The van der Waals surface area contributed by atoms with Gasteiger partial charge in [0.25, 0.3) is 0 Å². The van der Waals surface area contributed by atoms with Gasteiger partial charge in [0.1, 0.15) is 25.1 Å². The van der Waals surface area contributed by atoms with Crippen molar-refractivity contribution in [1.82, 2.24) is 0 Å². The van der Waals surface area contributed by atoms with Gasteiger partial charge in [-0.2, -0.15) is 0 Å². The fourth-order valence-corrected chi connectivity index (χ4v) is 6.55. The van der Waals surface area contributed by atoms with Gasteiger partial charge < -0.3 is 40.5 Å². The average molecular weight is 592 g/mol. The van der Waals surface area contributed by atoms with Crippen molar-refractivity contribution < 1.29 is 40.5 Å². The van der Waals surface area contributed by atoms with Gasteiger partial charge in [0.2, 0.25) is 11.5 Å². The van der Waals surface area contributed by atoms with Crippen LogP contribution in [0.15, 0.2) is 84.9 Å². The number of fused-ring (bicyclic) bond motifs is 4. The van der Waals surface area contributed by atoms with Crippen molar-refractivity contribution in [2.45, 2.75) is 0 Å². The summed E-state index contributed by atoms with van der Waals surface area (Å²) in [6, 6.07) is 25.1. The van der Waals surface area contributed by atoms with Crippen LogP contribution in [0.25, 0.3) is 65.7 Å². The fraction of sp³-hybridized carbons (Fsp3) is 0. The molecule has 0 unspecified atom stereocenters. The summed E-state index contributed by atoms with van der Waals surface area (Å²) in [4.78, 5) is 0. The minimum atomic E-state index is -0.997. The maximum atomic E-state index is 11.5. The van der Waals surface area contributed by atoms with Crippen molar-refractivity contribution in [3.63, 3.8) is 0 Å². The van der Waals surface area contributed by atoms with Gasteiger partial charge in [0.05, 0.1) is 0 Å². The van der Waals surface area contributed by atoms with E-state index in [2.05, 4.69) is 0 Å². The third kappa shape index (κ3) is 3.43. The Morgan fingerprint density at radius 1 is 0.422 bits per heavy atom. The molecule has 45 heavy (non-hydrogen) atoms. The van der Waals surface area contributed by atoms with Gasteiger partial charge in [-0.3, -0.25) is 0 Å². The SMILES string of the molecule is [B]c1c(O)c(O)c2c(-c3ccc4c(c3)-c3cccc5cccc(c35)O4)c3c(O)c(O)c(O)c(O)c3c(-c3ccccc3)c2c1O. The van der Waals surface area contributed by atoms with Gasteiger partial charge >= 0.3 is 0 Å². The number of hydrogen-bond donors (Lipinski definition) is 7. The first-order valence-corrected chi connectivity index (χ1v) is 13.9. The lowest BCUT2D eigenvalue weighted by atomic mass is 9.80. The van der Waals surface area contributed by atoms with E-state index in [1.807, 2.05) is 36.4 Å². The lowest BCUT2D eigenvalue weighted by molar-refractivity contribution is 0.351. The Hall–Kier alpha value is -6.22. The number of benzene rings is 7. The van der Waals surface area contributed by atoms with Crippen LogP contribution in [0.1, 0.15) is 0 Å². The molecule has 8 rings (SSSR count). The molecule has 8 nitrogen and oxygen atoms in total. The number of hydrogen-bond acceptors (Lipinski definition) is 8. The van der Waals surface area contributed by atoms with Crippen molar-refractivity contribution in [1.29, 1.82) is 0 Å². The van der Waals surface area contributed by atoms with E-state index >= 15 is 0 Å². The topological polar surface area (TPSA) is 151 Å². The Kier molecular flexibility index (Phi) is 5.37. The second-order valence-corrected chi connectivity index (χ2v) is 10.9. The van der Waals surface area contributed by atoms with Crippen LogP contribution in [0, 0.1) is 0 Å². The van der Waals surface area contributed by atoms with Gasteiger partial charge in [-0.25, -0.2) is 0 Å². The summed E-state index contributed by atoms with van der Waals surface area (Å²) in [7, 11) is 6.05. The standard InChI is InChI=1S/C36H21BO8/c37-29-30(38)25-23(16-6-2-1-3-7-16)26-28(33(41)36(44)35(43)32(26)40)24(27(25)31(39)34(29)42)17-12-13-20-19(14-17)18-10-4-8-15-9-5-11-21(45-20)22(15)18/h1-14,38-44H. The normalized spacial score (nSPS) is 12.0. The lowest BCUT2D eigenvalue weighted by Crippen LogP contribution is -2.06. The van der Waals surface area contributed by atoms with Crippen molar-refractivity contribution >= 4 is 45.6 Å². The summed E-state index contributed by atoms with van der Waals surface area (Å²) in [5.41, 5.74) is 1.86. The van der Waals surface area contributed by atoms with Crippen molar-refractivity contribution in [2.24, 2.45) is 0 Å². The molecule has 1 heterocycles. The van der Waals surface area contributed by atoms with E-state index in [0.717, 1.165) is 16.3 Å². The number of ether oxygens (including phenoxy) is 1. The van der Waals surface area contributed by atoms with Crippen LogP contribution < -0.4 is 10.2 Å². The molecular formula is C36H21BO8. The predicted octanol–water partition coefficient (Wildman–Crippen LogP) is 6.99. The first-order chi connectivity index (χ1) is 21.7. The molecule has 0 aromatic heterocycles. The minimum absolute atomic E-state index is 0.0275. The third-order valence-electron chi connectivity index (χ3n) is 8.56.